The minimum absolute atomic E-state index is 0.0864. The highest BCUT2D eigenvalue weighted by Crippen LogP contribution is 2.27. The van der Waals surface area contributed by atoms with Gasteiger partial charge in [-0.2, -0.15) is 0 Å². The van der Waals surface area contributed by atoms with E-state index in [1.165, 1.54) is 0 Å². The molecule has 1 saturated heterocycles. The van der Waals surface area contributed by atoms with E-state index in [2.05, 4.69) is 5.32 Å². The van der Waals surface area contributed by atoms with Crippen LogP contribution in [0.3, 0.4) is 0 Å². The lowest BCUT2D eigenvalue weighted by molar-refractivity contribution is 0.0125. The van der Waals surface area contributed by atoms with Crippen molar-refractivity contribution in [1.82, 2.24) is 5.32 Å². The fourth-order valence-electron chi connectivity index (χ4n) is 2.84. The smallest absolute Gasteiger partial charge is 0.255 e. The highest BCUT2D eigenvalue weighted by Gasteiger charge is 2.34. The zero-order valence-electron chi connectivity index (χ0n) is 12.0. The van der Waals surface area contributed by atoms with E-state index in [0.29, 0.717) is 43.0 Å². The van der Waals surface area contributed by atoms with E-state index in [-0.39, 0.29) is 12.5 Å². The van der Waals surface area contributed by atoms with Crippen molar-refractivity contribution in [3.8, 4) is 0 Å². The molecule has 0 radical (unpaired) electrons. The Labute approximate surface area is 122 Å². The van der Waals surface area contributed by atoms with E-state index < -0.39 is 5.54 Å². The summed E-state index contributed by atoms with van der Waals surface area (Å²) in [6.07, 6.45) is 1.23. The van der Waals surface area contributed by atoms with Crippen molar-refractivity contribution < 1.29 is 19.1 Å². The van der Waals surface area contributed by atoms with Gasteiger partial charge in [-0.25, -0.2) is 0 Å². The lowest BCUT2D eigenvalue weighted by Crippen LogP contribution is -2.54. The molecule has 1 aliphatic heterocycles. The summed E-state index contributed by atoms with van der Waals surface area (Å²) in [7, 11) is 0. The average molecular weight is 289 g/mol. The van der Waals surface area contributed by atoms with E-state index >= 15 is 0 Å². The number of rotatable bonds is 3. The van der Waals surface area contributed by atoms with Crippen LogP contribution in [0, 0.1) is 6.92 Å². The SMILES string of the molecule is Cc1oc2ccccc2c1C(=O)NC1(CO)CCOCC1. The number of hydrogen-bond acceptors (Lipinski definition) is 4. The molecule has 0 spiro atoms. The predicted octanol–water partition coefficient (Wildman–Crippen LogP) is 2.01. The monoisotopic (exact) mass is 289 g/mol. The van der Waals surface area contributed by atoms with Gasteiger partial charge in [-0.1, -0.05) is 18.2 Å². The minimum Gasteiger partial charge on any atom is -0.461 e. The van der Waals surface area contributed by atoms with Gasteiger partial charge in [0.2, 0.25) is 0 Å². The summed E-state index contributed by atoms with van der Waals surface area (Å²) < 4.78 is 10.9. The Morgan fingerprint density at radius 1 is 1.33 bits per heavy atom. The van der Waals surface area contributed by atoms with Crippen LogP contribution >= 0.6 is 0 Å². The number of furan rings is 1. The summed E-state index contributed by atoms with van der Waals surface area (Å²) in [5, 5.41) is 13.5. The second-order valence-corrected chi connectivity index (χ2v) is 5.53. The molecule has 5 nitrogen and oxygen atoms in total. The van der Waals surface area contributed by atoms with E-state index in [0.717, 1.165) is 5.39 Å². The van der Waals surface area contributed by atoms with Crippen LogP contribution in [0.2, 0.25) is 0 Å². The third-order valence-electron chi connectivity index (χ3n) is 4.13. The van der Waals surface area contributed by atoms with Crippen LogP contribution < -0.4 is 5.32 Å². The average Bonchev–Trinajstić information content (AvgIpc) is 2.84. The van der Waals surface area contributed by atoms with Crippen molar-refractivity contribution in [2.24, 2.45) is 0 Å². The number of aryl methyl sites for hydroxylation is 1. The van der Waals surface area contributed by atoms with Crippen molar-refractivity contribution in [2.75, 3.05) is 19.8 Å². The minimum atomic E-state index is -0.597. The number of amides is 1. The molecule has 0 atom stereocenters. The number of fused-ring (bicyclic) bond motifs is 1. The molecule has 1 aromatic heterocycles. The van der Waals surface area contributed by atoms with Crippen molar-refractivity contribution in [1.29, 1.82) is 0 Å². The topological polar surface area (TPSA) is 71.7 Å². The van der Waals surface area contributed by atoms with Gasteiger partial charge in [0.15, 0.2) is 0 Å². The standard InChI is InChI=1S/C16H19NO4/c1-11-14(12-4-2-3-5-13(12)21-11)15(19)17-16(10-18)6-8-20-9-7-16/h2-5,18H,6-10H2,1H3,(H,17,19). The Hall–Kier alpha value is -1.85. The fourth-order valence-corrected chi connectivity index (χ4v) is 2.84. The van der Waals surface area contributed by atoms with Gasteiger partial charge in [0.25, 0.3) is 5.91 Å². The lowest BCUT2D eigenvalue weighted by atomic mass is 9.90. The number of benzene rings is 1. The van der Waals surface area contributed by atoms with Gasteiger partial charge in [-0.15, -0.1) is 0 Å². The van der Waals surface area contributed by atoms with Crippen LogP contribution in [0.4, 0.5) is 0 Å². The van der Waals surface area contributed by atoms with Crippen LogP contribution in [0.5, 0.6) is 0 Å². The molecule has 0 bridgehead atoms. The first-order valence-corrected chi connectivity index (χ1v) is 7.14. The molecule has 0 aliphatic carbocycles. The first-order valence-electron chi connectivity index (χ1n) is 7.14. The molecular formula is C16H19NO4. The van der Waals surface area contributed by atoms with Gasteiger partial charge in [-0.3, -0.25) is 4.79 Å². The Bertz CT molecular complexity index is 655. The van der Waals surface area contributed by atoms with Gasteiger partial charge in [0.05, 0.1) is 17.7 Å². The molecule has 2 aromatic rings. The molecule has 112 valence electrons. The molecule has 1 aliphatic rings. The molecular weight excluding hydrogens is 270 g/mol. The zero-order valence-corrected chi connectivity index (χ0v) is 12.0. The third kappa shape index (κ3) is 2.54. The van der Waals surface area contributed by atoms with Crippen LogP contribution in [0.15, 0.2) is 28.7 Å². The predicted molar refractivity (Wildman–Crippen MR) is 78.3 cm³/mol. The Morgan fingerprint density at radius 2 is 2.05 bits per heavy atom. The van der Waals surface area contributed by atoms with E-state index in [4.69, 9.17) is 9.15 Å². The highest BCUT2D eigenvalue weighted by atomic mass is 16.5. The summed E-state index contributed by atoms with van der Waals surface area (Å²) in [5.41, 5.74) is 0.648. The summed E-state index contributed by atoms with van der Waals surface area (Å²) >= 11 is 0. The number of hydrogen-bond donors (Lipinski definition) is 2. The Kier molecular flexibility index (Phi) is 3.69. The molecule has 0 unspecified atom stereocenters. The van der Waals surface area contributed by atoms with Crippen LogP contribution in [0.25, 0.3) is 11.0 Å². The third-order valence-corrected chi connectivity index (χ3v) is 4.13. The molecule has 1 aromatic carbocycles. The summed E-state index contributed by atoms with van der Waals surface area (Å²) in [5.74, 6) is 0.391. The summed E-state index contributed by atoms with van der Waals surface area (Å²) in [6, 6.07) is 7.47. The van der Waals surface area contributed by atoms with Gasteiger partial charge >= 0.3 is 0 Å². The number of para-hydroxylation sites is 1. The van der Waals surface area contributed by atoms with Gasteiger partial charge in [0.1, 0.15) is 11.3 Å². The van der Waals surface area contributed by atoms with E-state index in [1.54, 1.807) is 6.92 Å². The number of nitrogens with one attached hydrogen (secondary N) is 1. The second-order valence-electron chi connectivity index (χ2n) is 5.53. The number of carbonyl (C=O) groups excluding carboxylic acids is 1. The molecule has 1 amide bonds. The van der Waals surface area contributed by atoms with Gasteiger partial charge in [-0.05, 0) is 25.8 Å². The zero-order chi connectivity index (χ0) is 14.9. The number of carbonyl (C=O) groups is 1. The largest absolute Gasteiger partial charge is 0.461 e. The molecule has 5 heteroatoms. The summed E-state index contributed by atoms with van der Waals surface area (Å²) in [6.45, 7) is 2.79. The molecule has 0 saturated carbocycles. The van der Waals surface area contributed by atoms with Crippen molar-refractivity contribution in [2.45, 2.75) is 25.3 Å². The van der Waals surface area contributed by atoms with Gasteiger partial charge in [0, 0.05) is 18.6 Å². The Balaban J connectivity index is 1.91. The second kappa shape index (κ2) is 5.50. The first kappa shape index (κ1) is 14.1. The van der Waals surface area contributed by atoms with E-state index in [9.17, 15) is 9.90 Å². The number of ether oxygens (including phenoxy) is 1. The van der Waals surface area contributed by atoms with Gasteiger partial charge < -0.3 is 19.6 Å². The lowest BCUT2D eigenvalue weighted by Gasteiger charge is -2.36. The molecule has 3 rings (SSSR count). The van der Waals surface area contributed by atoms with Crippen LogP contribution in [0.1, 0.15) is 29.0 Å². The van der Waals surface area contributed by atoms with Crippen LogP contribution in [-0.2, 0) is 4.74 Å². The maximum atomic E-state index is 12.6. The van der Waals surface area contributed by atoms with Crippen molar-refractivity contribution in [3.05, 3.63) is 35.6 Å². The normalized spacial score (nSPS) is 17.8. The first-order chi connectivity index (χ1) is 10.2. The Morgan fingerprint density at radius 3 is 2.76 bits per heavy atom. The maximum Gasteiger partial charge on any atom is 0.255 e. The van der Waals surface area contributed by atoms with Crippen molar-refractivity contribution in [3.63, 3.8) is 0 Å². The number of aliphatic hydroxyl groups is 1. The van der Waals surface area contributed by atoms with E-state index in [1.807, 2.05) is 24.3 Å². The highest BCUT2D eigenvalue weighted by molar-refractivity contribution is 6.07. The van der Waals surface area contributed by atoms with Crippen molar-refractivity contribution >= 4 is 16.9 Å². The fraction of sp³-hybridized carbons (Fsp3) is 0.438. The molecule has 1 fully saturated rings. The quantitative estimate of drug-likeness (QED) is 0.906. The molecule has 2 heterocycles. The maximum absolute atomic E-state index is 12.6. The van der Waals surface area contributed by atoms with Crippen LogP contribution in [-0.4, -0.2) is 36.4 Å². The summed E-state index contributed by atoms with van der Waals surface area (Å²) in [4.78, 5) is 12.6. The molecule has 2 N–H and O–H groups in total. The number of aliphatic hydroxyl groups excluding tert-OH is 1. The molecule has 21 heavy (non-hydrogen) atoms.